The van der Waals surface area contributed by atoms with Crippen molar-refractivity contribution in [1.29, 1.82) is 0 Å². The van der Waals surface area contributed by atoms with E-state index >= 15 is 0 Å². The van der Waals surface area contributed by atoms with Crippen LogP contribution in [-0.4, -0.2) is 75.7 Å². The van der Waals surface area contributed by atoms with Gasteiger partial charge in [0.05, 0.1) is 16.3 Å². The Bertz CT molecular complexity index is 1700. The Hall–Kier alpha value is -4.74. The number of pyridine rings is 1. The van der Waals surface area contributed by atoms with Crippen LogP contribution in [0.15, 0.2) is 60.0 Å². The first kappa shape index (κ1) is 32.8. The maximum absolute atomic E-state index is 11.8. The van der Waals surface area contributed by atoms with Gasteiger partial charge in [-0.3, -0.25) is 0 Å². The molecule has 0 atom stereocenters. The standard InChI is InChI=1S/C21H19N5O2S.2C2HF3O2/c1-29(27,28)15-4-2-14(3-5-15)20-17-12-26(11-8-18(17)24-13-25-20)19-7-10-23-21-16(19)6-9-22-21;2*3-2(4,5)1(6)7/h2-7,9-10,13H,8,11-12H2,1H3,(H,22,23);2*(H,6,7). The third kappa shape index (κ3) is 8.40. The van der Waals surface area contributed by atoms with Crippen molar-refractivity contribution in [2.45, 2.75) is 30.2 Å². The van der Waals surface area contributed by atoms with E-state index in [0.29, 0.717) is 11.4 Å². The summed E-state index contributed by atoms with van der Waals surface area (Å²) in [6, 6.07) is 11.0. The van der Waals surface area contributed by atoms with Gasteiger partial charge in [0.25, 0.3) is 0 Å². The number of benzene rings is 1. The van der Waals surface area contributed by atoms with Crippen LogP contribution in [0.5, 0.6) is 0 Å². The molecule has 1 aliphatic rings. The lowest BCUT2D eigenvalue weighted by Crippen LogP contribution is -2.31. The summed E-state index contributed by atoms with van der Waals surface area (Å²) >= 11 is 0. The van der Waals surface area contributed by atoms with E-state index < -0.39 is 34.1 Å². The summed E-state index contributed by atoms with van der Waals surface area (Å²) in [5.74, 6) is -5.51. The molecule has 0 unspecified atom stereocenters. The highest BCUT2D eigenvalue weighted by Crippen LogP contribution is 2.33. The Labute approximate surface area is 238 Å². The maximum atomic E-state index is 11.8. The number of carbonyl (C=O) groups is 2. The average Bonchev–Trinajstić information content (AvgIpc) is 3.41. The first-order valence-corrected chi connectivity index (χ1v) is 13.7. The molecule has 4 heterocycles. The van der Waals surface area contributed by atoms with Crippen molar-refractivity contribution in [3.05, 3.63) is 66.4 Å². The van der Waals surface area contributed by atoms with Gasteiger partial charge in [-0.2, -0.15) is 26.3 Å². The monoisotopic (exact) mass is 633 g/mol. The fourth-order valence-electron chi connectivity index (χ4n) is 3.88. The van der Waals surface area contributed by atoms with E-state index in [1.165, 1.54) is 6.26 Å². The highest BCUT2D eigenvalue weighted by Gasteiger charge is 2.38. The van der Waals surface area contributed by atoms with Gasteiger partial charge in [-0.05, 0) is 24.3 Å². The number of nitrogens with one attached hydrogen (secondary N) is 1. The first-order chi connectivity index (χ1) is 19.9. The molecule has 1 aliphatic heterocycles. The molecule has 0 saturated carbocycles. The largest absolute Gasteiger partial charge is 0.490 e. The van der Waals surface area contributed by atoms with E-state index in [1.54, 1.807) is 18.5 Å². The maximum Gasteiger partial charge on any atom is 0.490 e. The van der Waals surface area contributed by atoms with E-state index in [1.807, 2.05) is 36.7 Å². The van der Waals surface area contributed by atoms with Gasteiger partial charge in [-0.25, -0.2) is 33.0 Å². The molecule has 3 aromatic heterocycles. The summed E-state index contributed by atoms with van der Waals surface area (Å²) in [4.78, 5) is 37.0. The Kier molecular flexibility index (Phi) is 9.63. The number of rotatable bonds is 3. The molecule has 0 saturated heterocycles. The molecule has 11 nitrogen and oxygen atoms in total. The van der Waals surface area contributed by atoms with E-state index in [4.69, 9.17) is 19.8 Å². The molecule has 0 radical (unpaired) electrons. The van der Waals surface area contributed by atoms with Crippen molar-refractivity contribution in [3.8, 4) is 11.3 Å². The number of nitrogens with zero attached hydrogens (tertiary/aromatic N) is 4. The van der Waals surface area contributed by atoms with Crippen molar-refractivity contribution in [2.24, 2.45) is 0 Å². The van der Waals surface area contributed by atoms with Crippen LogP contribution in [0, 0.1) is 0 Å². The van der Waals surface area contributed by atoms with Gasteiger partial charge in [0.2, 0.25) is 0 Å². The summed E-state index contributed by atoms with van der Waals surface area (Å²) in [5, 5.41) is 15.3. The van der Waals surface area contributed by atoms with Gasteiger partial charge < -0.3 is 20.1 Å². The number of sulfone groups is 1. The van der Waals surface area contributed by atoms with Crippen molar-refractivity contribution >= 4 is 38.5 Å². The fourth-order valence-corrected chi connectivity index (χ4v) is 4.51. The number of hydrogen-bond acceptors (Lipinski definition) is 8. The Morgan fingerprint density at radius 1 is 0.907 bits per heavy atom. The summed E-state index contributed by atoms with van der Waals surface area (Å²) in [7, 11) is -3.23. The molecule has 230 valence electrons. The van der Waals surface area contributed by atoms with Crippen LogP contribution < -0.4 is 4.90 Å². The number of halogens is 6. The first-order valence-electron chi connectivity index (χ1n) is 11.8. The van der Waals surface area contributed by atoms with Crippen molar-refractivity contribution in [1.82, 2.24) is 19.9 Å². The number of H-pyrrole nitrogens is 1. The van der Waals surface area contributed by atoms with E-state index in [9.17, 15) is 34.8 Å². The van der Waals surface area contributed by atoms with Crippen LogP contribution in [0.2, 0.25) is 0 Å². The van der Waals surface area contributed by atoms with E-state index in [0.717, 1.165) is 52.2 Å². The number of anilines is 1. The smallest absolute Gasteiger partial charge is 0.475 e. The minimum Gasteiger partial charge on any atom is -0.475 e. The zero-order valence-electron chi connectivity index (χ0n) is 21.8. The predicted molar refractivity (Wildman–Crippen MR) is 139 cm³/mol. The number of aromatic nitrogens is 4. The minimum atomic E-state index is -5.08. The van der Waals surface area contributed by atoms with Crippen LogP contribution in [0.3, 0.4) is 0 Å². The van der Waals surface area contributed by atoms with Crippen molar-refractivity contribution in [2.75, 3.05) is 17.7 Å². The number of aromatic amines is 1. The molecule has 0 spiro atoms. The average molecular weight is 634 g/mol. The quantitative estimate of drug-likeness (QED) is 0.278. The van der Waals surface area contributed by atoms with Crippen LogP contribution in [0.4, 0.5) is 32.0 Å². The number of hydrogen-bond donors (Lipinski definition) is 3. The Morgan fingerprint density at radius 3 is 2.02 bits per heavy atom. The number of fused-ring (bicyclic) bond motifs is 2. The van der Waals surface area contributed by atoms with Gasteiger partial charge in [0.1, 0.15) is 12.0 Å². The van der Waals surface area contributed by atoms with Crippen LogP contribution in [-0.2, 0) is 32.4 Å². The van der Waals surface area contributed by atoms with Gasteiger partial charge in [0, 0.05) is 60.4 Å². The minimum absolute atomic E-state index is 0.303. The molecule has 0 fully saturated rings. The molecule has 4 aromatic rings. The second kappa shape index (κ2) is 12.6. The molecular weight excluding hydrogens is 612 g/mol. The number of aliphatic carboxylic acids is 2. The molecule has 3 N–H and O–H groups in total. The van der Waals surface area contributed by atoms with Crippen LogP contribution in [0.1, 0.15) is 11.3 Å². The Balaban J connectivity index is 0.000000303. The van der Waals surface area contributed by atoms with Crippen molar-refractivity contribution in [3.63, 3.8) is 0 Å². The molecule has 18 heteroatoms. The summed E-state index contributed by atoms with van der Waals surface area (Å²) < 4.78 is 87.0. The third-order valence-corrected chi connectivity index (χ3v) is 6.95. The van der Waals surface area contributed by atoms with Crippen LogP contribution in [0.25, 0.3) is 22.3 Å². The van der Waals surface area contributed by atoms with Gasteiger partial charge in [-0.15, -0.1) is 0 Å². The zero-order valence-corrected chi connectivity index (χ0v) is 22.6. The second-order valence-corrected chi connectivity index (χ2v) is 10.8. The van der Waals surface area contributed by atoms with Gasteiger partial charge in [0.15, 0.2) is 9.84 Å². The third-order valence-electron chi connectivity index (χ3n) is 5.82. The molecule has 0 amide bonds. The highest BCUT2D eigenvalue weighted by atomic mass is 32.2. The molecular formula is C25H21F6N5O6S. The molecule has 5 rings (SSSR count). The van der Waals surface area contributed by atoms with E-state index in [2.05, 4.69) is 24.8 Å². The van der Waals surface area contributed by atoms with Crippen molar-refractivity contribution < 1.29 is 54.6 Å². The summed E-state index contributed by atoms with van der Waals surface area (Å²) in [6.07, 6.45) is -2.83. The van der Waals surface area contributed by atoms with E-state index in [-0.39, 0.29) is 0 Å². The second-order valence-electron chi connectivity index (χ2n) is 8.79. The van der Waals surface area contributed by atoms with Gasteiger partial charge >= 0.3 is 24.3 Å². The number of carboxylic acid groups (broad SMARTS) is 2. The predicted octanol–water partition coefficient (Wildman–Crippen LogP) is 4.25. The lowest BCUT2D eigenvalue weighted by atomic mass is 9.99. The molecule has 43 heavy (non-hydrogen) atoms. The normalized spacial score (nSPS) is 13.2. The SMILES string of the molecule is CS(=O)(=O)c1ccc(-c2ncnc3c2CN(c2ccnc4[nH]ccc24)CC3)cc1.O=C(O)C(F)(F)F.O=C(O)C(F)(F)F. The fraction of sp³-hybridized carbons (Fsp3) is 0.240. The van der Waals surface area contributed by atoms with Crippen LogP contribution >= 0.6 is 0 Å². The summed E-state index contributed by atoms with van der Waals surface area (Å²) in [5.41, 5.74) is 5.85. The molecule has 0 aliphatic carbocycles. The van der Waals surface area contributed by atoms with Gasteiger partial charge in [-0.1, -0.05) is 12.1 Å². The highest BCUT2D eigenvalue weighted by molar-refractivity contribution is 7.90. The Morgan fingerprint density at radius 2 is 1.49 bits per heavy atom. The molecule has 0 bridgehead atoms. The topological polar surface area (TPSA) is 166 Å². The lowest BCUT2D eigenvalue weighted by molar-refractivity contribution is -0.193. The zero-order chi connectivity index (χ0) is 32.2. The lowest BCUT2D eigenvalue weighted by Gasteiger charge is -2.31. The number of alkyl halides is 6. The number of carboxylic acids is 2. The summed E-state index contributed by atoms with van der Waals surface area (Å²) in [6.45, 7) is 1.55. The molecule has 1 aromatic carbocycles.